The van der Waals surface area contributed by atoms with Gasteiger partial charge in [0.1, 0.15) is 0 Å². The quantitative estimate of drug-likeness (QED) is 0.855. The molecule has 2 heterocycles. The highest BCUT2D eigenvalue weighted by Crippen LogP contribution is 2.33. The normalized spacial score (nSPS) is 23.3. The third kappa shape index (κ3) is 3.15. The van der Waals surface area contributed by atoms with Crippen molar-refractivity contribution in [3.63, 3.8) is 0 Å². The lowest BCUT2D eigenvalue weighted by Gasteiger charge is -2.36. The average Bonchev–Trinajstić information content (AvgIpc) is 2.88. The summed E-state index contributed by atoms with van der Waals surface area (Å²) in [5.74, 6) is 0.136. The zero-order chi connectivity index (χ0) is 13.7. The molecule has 0 spiro atoms. The monoisotopic (exact) mass is 264 g/mol. The molecule has 0 aromatic carbocycles. The Labute approximate surface area is 114 Å². The molecule has 1 unspecified atom stereocenters. The number of hydrogen-bond donors (Lipinski definition) is 2. The molecule has 0 saturated carbocycles. The van der Waals surface area contributed by atoms with E-state index in [2.05, 4.69) is 22.7 Å². The van der Waals surface area contributed by atoms with Gasteiger partial charge in [-0.25, -0.2) is 0 Å². The molecule has 0 radical (unpaired) electrons. The van der Waals surface area contributed by atoms with E-state index in [1.807, 2.05) is 17.8 Å². The van der Waals surface area contributed by atoms with Gasteiger partial charge in [0.15, 0.2) is 0 Å². The van der Waals surface area contributed by atoms with Crippen molar-refractivity contribution in [2.24, 2.45) is 5.41 Å². The van der Waals surface area contributed by atoms with Crippen molar-refractivity contribution in [3.8, 4) is 0 Å². The molecular formula is C14H24N4O. The SMILES string of the molecule is CCCC1(C(=O)Nc2cnn(CC)c2)CCCNC1. The zero-order valence-electron chi connectivity index (χ0n) is 11.9. The fourth-order valence-electron chi connectivity index (χ4n) is 2.83. The van der Waals surface area contributed by atoms with Crippen LogP contribution in [0, 0.1) is 5.41 Å². The van der Waals surface area contributed by atoms with E-state index in [9.17, 15) is 4.79 Å². The molecule has 19 heavy (non-hydrogen) atoms. The van der Waals surface area contributed by atoms with Crippen LogP contribution in [0.15, 0.2) is 12.4 Å². The lowest BCUT2D eigenvalue weighted by molar-refractivity contribution is -0.127. The highest BCUT2D eigenvalue weighted by Gasteiger charge is 2.38. The lowest BCUT2D eigenvalue weighted by Crippen LogP contribution is -2.48. The van der Waals surface area contributed by atoms with E-state index in [0.29, 0.717) is 0 Å². The fraction of sp³-hybridized carbons (Fsp3) is 0.714. The van der Waals surface area contributed by atoms with Crippen molar-refractivity contribution in [2.45, 2.75) is 46.1 Å². The van der Waals surface area contributed by atoms with Gasteiger partial charge in [0.25, 0.3) is 0 Å². The van der Waals surface area contributed by atoms with Gasteiger partial charge in [-0.3, -0.25) is 9.48 Å². The van der Waals surface area contributed by atoms with Crippen molar-refractivity contribution in [1.29, 1.82) is 0 Å². The Morgan fingerprint density at radius 3 is 3.00 bits per heavy atom. The van der Waals surface area contributed by atoms with Crippen molar-refractivity contribution >= 4 is 11.6 Å². The number of rotatable bonds is 5. The molecule has 106 valence electrons. The second-order valence-corrected chi connectivity index (χ2v) is 5.35. The van der Waals surface area contributed by atoms with Crippen LogP contribution in [-0.2, 0) is 11.3 Å². The van der Waals surface area contributed by atoms with Gasteiger partial charge in [-0.15, -0.1) is 0 Å². The number of carbonyl (C=O) groups excluding carboxylic acids is 1. The van der Waals surface area contributed by atoms with Crippen molar-refractivity contribution in [2.75, 3.05) is 18.4 Å². The minimum absolute atomic E-state index is 0.136. The van der Waals surface area contributed by atoms with Gasteiger partial charge in [-0.05, 0) is 32.7 Å². The smallest absolute Gasteiger partial charge is 0.231 e. The molecule has 2 rings (SSSR count). The fourth-order valence-corrected chi connectivity index (χ4v) is 2.83. The standard InChI is InChI=1S/C14H24N4O/c1-3-6-14(7-5-8-15-11-14)13(19)17-12-9-16-18(4-2)10-12/h9-10,15H,3-8,11H2,1-2H3,(H,17,19). The minimum Gasteiger partial charge on any atom is -0.323 e. The van der Waals surface area contributed by atoms with Crippen LogP contribution in [0.2, 0.25) is 0 Å². The third-order valence-corrected chi connectivity index (χ3v) is 3.90. The molecule has 1 atom stereocenters. The maximum absolute atomic E-state index is 12.6. The van der Waals surface area contributed by atoms with Crippen LogP contribution in [0.1, 0.15) is 39.5 Å². The Balaban J connectivity index is 2.06. The summed E-state index contributed by atoms with van der Waals surface area (Å²) in [6.45, 7) is 6.79. The second-order valence-electron chi connectivity index (χ2n) is 5.35. The molecule has 1 aromatic rings. The summed E-state index contributed by atoms with van der Waals surface area (Å²) >= 11 is 0. The molecule has 2 N–H and O–H groups in total. The largest absolute Gasteiger partial charge is 0.323 e. The highest BCUT2D eigenvalue weighted by molar-refractivity contribution is 5.95. The summed E-state index contributed by atoms with van der Waals surface area (Å²) in [5.41, 5.74) is 0.550. The molecule has 5 nitrogen and oxygen atoms in total. The molecule has 1 aromatic heterocycles. The summed E-state index contributed by atoms with van der Waals surface area (Å²) in [5, 5.41) is 10.6. The first-order valence-corrected chi connectivity index (χ1v) is 7.25. The molecule has 1 fully saturated rings. The van der Waals surface area contributed by atoms with Gasteiger partial charge in [0, 0.05) is 19.3 Å². The molecule has 1 aliphatic heterocycles. The maximum Gasteiger partial charge on any atom is 0.231 e. The molecular weight excluding hydrogens is 240 g/mol. The first kappa shape index (κ1) is 14.1. The number of nitrogens with one attached hydrogen (secondary N) is 2. The maximum atomic E-state index is 12.6. The summed E-state index contributed by atoms with van der Waals surface area (Å²) in [6.07, 6.45) is 7.62. The molecule has 0 aliphatic carbocycles. The molecule has 0 bridgehead atoms. The summed E-state index contributed by atoms with van der Waals surface area (Å²) in [4.78, 5) is 12.6. The van der Waals surface area contributed by atoms with E-state index in [1.54, 1.807) is 6.20 Å². The number of aryl methyl sites for hydroxylation is 1. The van der Waals surface area contributed by atoms with Crippen molar-refractivity contribution < 1.29 is 4.79 Å². The van der Waals surface area contributed by atoms with Crippen LogP contribution < -0.4 is 10.6 Å². The predicted octanol–water partition coefficient (Wildman–Crippen LogP) is 2.01. The second kappa shape index (κ2) is 6.19. The van der Waals surface area contributed by atoms with Gasteiger partial charge in [-0.1, -0.05) is 13.3 Å². The molecule has 1 saturated heterocycles. The number of carbonyl (C=O) groups is 1. The van der Waals surface area contributed by atoms with Gasteiger partial charge in [-0.2, -0.15) is 5.10 Å². The van der Waals surface area contributed by atoms with E-state index in [4.69, 9.17) is 0 Å². The Kier molecular flexibility index (Phi) is 4.58. The first-order chi connectivity index (χ1) is 9.20. The summed E-state index contributed by atoms with van der Waals surface area (Å²) < 4.78 is 1.82. The van der Waals surface area contributed by atoms with Crippen molar-refractivity contribution in [1.82, 2.24) is 15.1 Å². The van der Waals surface area contributed by atoms with Crippen LogP contribution in [-0.4, -0.2) is 28.8 Å². The number of amides is 1. The molecule has 1 aliphatic rings. The highest BCUT2D eigenvalue weighted by atomic mass is 16.2. The molecule has 1 amide bonds. The van der Waals surface area contributed by atoms with Gasteiger partial charge >= 0.3 is 0 Å². The van der Waals surface area contributed by atoms with E-state index in [-0.39, 0.29) is 11.3 Å². The predicted molar refractivity (Wildman–Crippen MR) is 76.0 cm³/mol. The number of anilines is 1. The van der Waals surface area contributed by atoms with Gasteiger partial charge in [0.05, 0.1) is 17.3 Å². The van der Waals surface area contributed by atoms with Crippen LogP contribution in [0.3, 0.4) is 0 Å². The van der Waals surface area contributed by atoms with E-state index in [1.165, 1.54) is 0 Å². The topological polar surface area (TPSA) is 59.0 Å². The lowest BCUT2D eigenvalue weighted by atomic mass is 9.76. The summed E-state index contributed by atoms with van der Waals surface area (Å²) in [7, 11) is 0. The Morgan fingerprint density at radius 1 is 1.58 bits per heavy atom. The zero-order valence-corrected chi connectivity index (χ0v) is 11.9. The number of nitrogens with zero attached hydrogens (tertiary/aromatic N) is 2. The van der Waals surface area contributed by atoms with Crippen LogP contribution in [0.4, 0.5) is 5.69 Å². The molecule has 5 heteroatoms. The number of piperidine rings is 1. The third-order valence-electron chi connectivity index (χ3n) is 3.90. The van der Waals surface area contributed by atoms with Crippen LogP contribution in [0.25, 0.3) is 0 Å². The number of aromatic nitrogens is 2. The summed E-state index contributed by atoms with van der Waals surface area (Å²) in [6, 6.07) is 0. The Hall–Kier alpha value is -1.36. The number of hydrogen-bond acceptors (Lipinski definition) is 3. The Morgan fingerprint density at radius 2 is 2.42 bits per heavy atom. The first-order valence-electron chi connectivity index (χ1n) is 7.25. The van der Waals surface area contributed by atoms with E-state index < -0.39 is 0 Å². The minimum atomic E-state index is -0.249. The van der Waals surface area contributed by atoms with E-state index >= 15 is 0 Å². The van der Waals surface area contributed by atoms with Crippen molar-refractivity contribution in [3.05, 3.63) is 12.4 Å². The average molecular weight is 264 g/mol. The van der Waals surface area contributed by atoms with Gasteiger partial charge in [0.2, 0.25) is 5.91 Å². The van der Waals surface area contributed by atoms with Gasteiger partial charge < -0.3 is 10.6 Å². The Bertz CT molecular complexity index is 415. The van der Waals surface area contributed by atoms with Crippen LogP contribution in [0.5, 0.6) is 0 Å². The van der Waals surface area contributed by atoms with Crippen LogP contribution >= 0.6 is 0 Å². The van der Waals surface area contributed by atoms with E-state index in [0.717, 1.165) is 51.0 Å².